The Morgan fingerprint density at radius 1 is 0.889 bits per heavy atom. The van der Waals surface area contributed by atoms with Crippen LogP contribution < -0.4 is 5.32 Å². The van der Waals surface area contributed by atoms with E-state index in [1.54, 1.807) is 42.5 Å². The van der Waals surface area contributed by atoms with E-state index in [4.69, 9.17) is 15.0 Å². The number of phenols is 2. The Morgan fingerprint density at radius 2 is 1.44 bits per heavy atom. The van der Waals surface area contributed by atoms with Crippen LogP contribution in [0, 0.1) is 0 Å². The van der Waals surface area contributed by atoms with Crippen molar-refractivity contribution in [3.05, 3.63) is 54.6 Å². The monoisotopic (exact) mass is 247 g/mol. The van der Waals surface area contributed by atoms with Crippen LogP contribution in [-0.2, 0) is 4.79 Å². The molecule has 0 unspecified atom stereocenters. The van der Waals surface area contributed by atoms with Crippen LogP contribution in [0.3, 0.4) is 0 Å². The van der Waals surface area contributed by atoms with Crippen molar-refractivity contribution in [1.82, 2.24) is 0 Å². The Kier molecular flexibility index (Phi) is 8.37. The van der Waals surface area contributed by atoms with Gasteiger partial charge in [-0.05, 0) is 24.3 Å². The summed E-state index contributed by atoms with van der Waals surface area (Å²) in [6.45, 7) is 2.00. The summed E-state index contributed by atoms with van der Waals surface area (Å²) in [4.78, 5) is 8.00. The molecule has 0 saturated heterocycles. The zero-order valence-electron chi connectivity index (χ0n) is 10.2. The lowest BCUT2D eigenvalue weighted by molar-refractivity contribution is -0.0979. The van der Waals surface area contributed by atoms with Crippen molar-refractivity contribution in [3.63, 3.8) is 0 Å². The maximum Gasteiger partial charge on any atom is 0.117 e. The van der Waals surface area contributed by atoms with Crippen LogP contribution >= 0.6 is 0 Å². The summed E-state index contributed by atoms with van der Waals surface area (Å²) in [5.74, 6) is 0.615. The van der Waals surface area contributed by atoms with Crippen molar-refractivity contribution in [1.29, 1.82) is 0 Å². The number of nitrogens with one attached hydrogen (secondary N) is 1. The molecule has 0 fully saturated rings. The van der Waals surface area contributed by atoms with Crippen LogP contribution in [0.5, 0.6) is 11.5 Å². The molecule has 0 amide bonds. The summed E-state index contributed by atoms with van der Waals surface area (Å²) in [6.07, 6.45) is 0. The smallest absolute Gasteiger partial charge is 0.117 e. The number of hydrogen-bond donors (Lipinski definition) is 3. The third kappa shape index (κ3) is 6.90. The molecular weight excluding hydrogens is 230 g/mol. The topological polar surface area (TPSA) is 69.6 Å². The zero-order valence-corrected chi connectivity index (χ0v) is 10.2. The van der Waals surface area contributed by atoms with Gasteiger partial charge in [-0.25, -0.2) is 0 Å². The molecule has 0 radical (unpaired) electrons. The molecule has 0 aromatic heterocycles. The Bertz CT molecular complexity index is 432. The van der Waals surface area contributed by atoms with Gasteiger partial charge in [-0.1, -0.05) is 24.3 Å². The minimum absolute atomic E-state index is 0.293. The van der Waals surface area contributed by atoms with Crippen LogP contribution in [-0.4, -0.2) is 24.0 Å². The van der Waals surface area contributed by atoms with E-state index in [9.17, 15) is 0 Å². The van der Waals surface area contributed by atoms with Crippen LogP contribution in [0.2, 0.25) is 0 Å². The van der Waals surface area contributed by atoms with Crippen LogP contribution in [0.15, 0.2) is 54.6 Å². The highest BCUT2D eigenvalue weighted by molar-refractivity contribution is 5.46. The molecule has 0 heterocycles. The lowest BCUT2D eigenvalue weighted by Gasteiger charge is -1.97. The Labute approximate surface area is 107 Å². The molecule has 2 aromatic carbocycles. The maximum absolute atomic E-state index is 8.90. The number of anilines is 1. The number of aromatic hydroxyl groups is 2. The van der Waals surface area contributed by atoms with E-state index in [1.807, 2.05) is 26.0 Å². The number of phenolic OH excluding ortho intramolecular Hbond substituents is 2. The molecule has 0 saturated carbocycles. The van der Waals surface area contributed by atoms with Crippen molar-refractivity contribution in [2.75, 3.05) is 12.4 Å². The average Bonchev–Trinajstić information content (AvgIpc) is 2.42. The maximum atomic E-state index is 8.90. The van der Waals surface area contributed by atoms with Gasteiger partial charge in [-0.2, -0.15) is 0 Å². The van der Waals surface area contributed by atoms with Crippen molar-refractivity contribution < 1.29 is 15.0 Å². The highest BCUT2D eigenvalue weighted by Crippen LogP contribution is 2.13. The van der Waals surface area contributed by atoms with E-state index < -0.39 is 0 Å². The van der Waals surface area contributed by atoms with E-state index in [1.165, 1.54) is 0 Å². The molecule has 0 aliphatic rings. The third-order valence-electron chi connectivity index (χ3n) is 1.89. The summed E-state index contributed by atoms with van der Waals surface area (Å²) < 4.78 is 0. The van der Waals surface area contributed by atoms with Gasteiger partial charge >= 0.3 is 0 Å². The van der Waals surface area contributed by atoms with Gasteiger partial charge in [0, 0.05) is 18.8 Å². The van der Waals surface area contributed by atoms with E-state index in [2.05, 4.69) is 5.32 Å². The van der Waals surface area contributed by atoms with Crippen molar-refractivity contribution in [2.24, 2.45) is 0 Å². The largest absolute Gasteiger partial charge is 0.508 e. The average molecular weight is 247 g/mol. The first-order valence-corrected chi connectivity index (χ1v) is 5.22. The van der Waals surface area contributed by atoms with E-state index in [-0.39, 0.29) is 0 Å². The second-order valence-electron chi connectivity index (χ2n) is 3.14. The minimum Gasteiger partial charge on any atom is -0.508 e. The molecular formula is C14H17NO3. The van der Waals surface area contributed by atoms with E-state index in [0.29, 0.717) is 11.5 Å². The molecule has 96 valence electrons. The second kappa shape index (κ2) is 9.72. The number of rotatable bonds is 1. The van der Waals surface area contributed by atoms with Crippen molar-refractivity contribution in [3.8, 4) is 11.5 Å². The van der Waals surface area contributed by atoms with Gasteiger partial charge in [0.15, 0.2) is 0 Å². The Hall–Kier alpha value is -2.49. The lowest BCUT2D eigenvalue weighted by Crippen LogP contribution is -1.85. The van der Waals surface area contributed by atoms with Gasteiger partial charge in [-0.3, -0.25) is 0 Å². The SMILES string of the molecule is C=O.CNc1cccc(O)c1.Oc1ccccc1. The fourth-order valence-corrected chi connectivity index (χ4v) is 1.09. The number of carbonyl (C=O) groups excluding carboxylic acids is 1. The number of benzene rings is 2. The summed E-state index contributed by atoms with van der Waals surface area (Å²) in [5, 5.41) is 20.4. The van der Waals surface area contributed by atoms with Crippen molar-refractivity contribution >= 4 is 12.5 Å². The first-order valence-electron chi connectivity index (χ1n) is 5.22. The number of para-hydroxylation sites is 1. The summed E-state index contributed by atoms with van der Waals surface area (Å²) in [7, 11) is 1.81. The summed E-state index contributed by atoms with van der Waals surface area (Å²) in [6, 6.07) is 15.7. The number of carbonyl (C=O) groups is 1. The fraction of sp³-hybridized carbons (Fsp3) is 0.0714. The molecule has 0 spiro atoms. The quantitative estimate of drug-likeness (QED) is 0.724. The Balaban J connectivity index is 0.000000289. The molecule has 0 aliphatic heterocycles. The zero-order chi connectivity index (χ0) is 13.8. The van der Waals surface area contributed by atoms with E-state index >= 15 is 0 Å². The van der Waals surface area contributed by atoms with Gasteiger partial charge in [0.1, 0.15) is 18.3 Å². The molecule has 2 rings (SSSR count). The molecule has 18 heavy (non-hydrogen) atoms. The molecule has 2 aromatic rings. The summed E-state index contributed by atoms with van der Waals surface area (Å²) in [5.41, 5.74) is 0.926. The van der Waals surface area contributed by atoms with Gasteiger partial charge in [-0.15, -0.1) is 0 Å². The van der Waals surface area contributed by atoms with Gasteiger partial charge in [0.05, 0.1) is 0 Å². The first kappa shape index (κ1) is 15.5. The minimum atomic E-state index is 0.293. The Morgan fingerprint density at radius 3 is 1.78 bits per heavy atom. The lowest BCUT2D eigenvalue weighted by atomic mass is 10.3. The third-order valence-corrected chi connectivity index (χ3v) is 1.89. The van der Waals surface area contributed by atoms with Gasteiger partial charge in [0.25, 0.3) is 0 Å². The molecule has 0 bridgehead atoms. The predicted molar refractivity (Wildman–Crippen MR) is 72.9 cm³/mol. The fourth-order valence-electron chi connectivity index (χ4n) is 1.09. The van der Waals surface area contributed by atoms with Crippen LogP contribution in [0.1, 0.15) is 0 Å². The molecule has 0 aliphatic carbocycles. The predicted octanol–water partition coefficient (Wildman–Crippen LogP) is 2.64. The van der Waals surface area contributed by atoms with Gasteiger partial charge in [0.2, 0.25) is 0 Å². The molecule has 0 atom stereocenters. The second-order valence-corrected chi connectivity index (χ2v) is 3.14. The van der Waals surface area contributed by atoms with Crippen LogP contribution in [0.4, 0.5) is 5.69 Å². The number of hydrogen-bond acceptors (Lipinski definition) is 4. The highest BCUT2D eigenvalue weighted by Gasteiger charge is 1.86. The van der Waals surface area contributed by atoms with E-state index in [0.717, 1.165) is 5.69 Å². The molecule has 4 nitrogen and oxygen atoms in total. The highest BCUT2D eigenvalue weighted by atomic mass is 16.3. The summed E-state index contributed by atoms with van der Waals surface area (Å²) >= 11 is 0. The van der Waals surface area contributed by atoms with Crippen molar-refractivity contribution in [2.45, 2.75) is 0 Å². The van der Waals surface area contributed by atoms with Crippen LogP contribution in [0.25, 0.3) is 0 Å². The molecule has 4 heteroatoms. The standard InChI is InChI=1S/C7H9NO.C6H6O.CH2O/c1-8-6-3-2-4-7(9)5-6;7-6-4-2-1-3-5-6;1-2/h2-5,8-9H,1H3;1-5,7H;1H2. The normalized spacial score (nSPS) is 8.06. The van der Waals surface area contributed by atoms with Gasteiger partial charge < -0.3 is 20.3 Å². The first-order chi connectivity index (χ1) is 8.72. The molecule has 3 N–H and O–H groups in total.